The summed E-state index contributed by atoms with van der Waals surface area (Å²) in [6.45, 7) is 10.4. The van der Waals surface area contributed by atoms with E-state index in [-0.39, 0.29) is 11.8 Å². The van der Waals surface area contributed by atoms with Crippen molar-refractivity contribution >= 4 is 12.6 Å². The standard InChI is InChI=1S/C19H27N3O2/c1-3-18(20-2)15-4-6-17(7-5-15)21-9-11-22(12-10-21)19(23)16-8-13-24-14-16/h3-4,6-7,15-16H,2,5,8-14H2,1H3. The third-order valence-electron chi connectivity index (χ3n) is 5.17. The number of hydrogen-bond acceptors (Lipinski definition) is 4. The molecule has 2 heterocycles. The molecule has 0 spiro atoms. The van der Waals surface area contributed by atoms with Gasteiger partial charge in [-0.15, -0.1) is 0 Å². The van der Waals surface area contributed by atoms with E-state index in [9.17, 15) is 4.79 Å². The number of aliphatic imine (C=N–C) groups is 1. The summed E-state index contributed by atoms with van der Waals surface area (Å²) in [5, 5.41) is 0. The second kappa shape index (κ2) is 7.79. The lowest BCUT2D eigenvalue weighted by atomic mass is 9.95. The average Bonchev–Trinajstić information content (AvgIpc) is 3.18. The van der Waals surface area contributed by atoms with Crippen molar-refractivity contribution in [3.63, 3.8) is 0 Å². The van der Waals surface area contributed by atoms with Crippen molar-refractivity contribution < 1.29 is 9.53 Å². The number of allylic oxidation sites excluding steroid dienone is 4. The number of amides is 1. The van der Waals surface area contributed by atoms with Crippen molar-refractivity contribution in [2.75, 3.05) is 39.4 Å². The van der Waals surface area contributed by atoms with Crippen LogP contribution >= 0.6 is 0 Å². The number of piperazine rings is 1. The van der Waals surface area contributed by atoms with Gasteiger partial charge in [0.25, 0.3) is 0 Å². The molecule has 1 amide bonds. The van der Waals surface area contributed by atoms with Crippen molar-refractivity contribution in [1.29, 1.82) is 0 Å². The van der Waals surface area contributed by atoms with E-state index in [1.807, 2.05) is 17.9 Å². The fraction of sp³-hybridized carbons (Fsp3) is 0.579. The van der Waals surface area contributed by atoms with Crippen LogP contribution in [0.2, 0.25) is 0 Å². The smallest absolute Gasteiger partial charge is 0.228 e. The van der Waals surface area contributed by atoms with Gasteiger partial charge in [0.05, 0.1) is 12.5 Å². The molecule has 1 aliphatic carbocycles. The minimum absolute atomic E-state index is 0.0803. The van der Waals surface area contributed by atoms with Crippen LogP contribution in [0.3, 0.4) is 0 Å². The van der Waals surface area contributed by atoms with Crippen molar-refractivity contribution in [1.82, 2.24) is 9.80 Å². The zero-order chi connectivity index (χ0) is 16.9. The summed E-state index contributed by atoms with van der Waals surface area (Å²) < 4.78 is 5.34. The van der Waals surface area contributed by atoms with Gasteiger partial charge in [-0.05, 0) is 32.6 Å². The van der Waals surface area contributed by atoms with Gasteiger partial charge in [-0.25, -0.2) is 0 Å². The minimum atomic E-state index is 0.0803. The Bertz CT molecular complexity index is 565. The van der Waals surface area contributed by atoms with Gasteiger partial charge in [0, 0.05) is 50.1 Å². The predicted octanol–water partition coefficient (Wildman–Crippen LogP) is 2.23. The van der Waals surface area contributed by atoms with Crippen LogP contribution in [0.25, 0.3) is 0 Å². The quantitative estimate of drug-likeness (QED) is 0.743. The Balaban J connectivity index is 1.51. The molecular formula is C19H27N3O2. The van der Waals surface area contributed by atoms with E-state index in [4.69, 9.17) is 4.74 Å². The number of nitrogens with zero attached hydrogens (tertiary/aromatic N) is 3. The largest absolute Gasteiger partial charge is 0.381 e. The molecule has 3 rings (SSSR count). The Kier molecular flexibility index (Phi) is 5.51. The maximum atomic E-state index is 12.4. The van der Waals surface area contributed by atoms with Crippen LogP contribution in [0.5, 0.6) is 0 Å². The van der Waals surface area contributed by atoms with Gasteiger partial charge < -0.3 is 14.5 Å². The second-order valence-corrected chi connectivity index (χ2v) is 6.57. The van der Waals surface area contributed by atoms with Crippen LogP contribution in [0.15, 0.2) is 40.7 Å². The van der Waals surface area contributed by atoms with Crippen LogP contribution < -0.4 is 0 Å². The number of rotatable bonds is 4. The first kappa shape index (κ1) is 17.0. The van der Waals surface area contributed by atoms with Crippen LogP contribution in [0, 0.1) is 11.8 Å². The first-order valence-corrected chi connectivity index (χ1v) is 8.85. The molecule has 0 aromatic carbocycles. The molecule has 0 N–H and O–H groups in total. The lowest BCUT2D eigenvalue weighted by molar-refractivity contribution is -0.137. The summed E-state index contributed by atoms with van der Waals surface area (Å²) in [6.07, 6.45) is 10.5. The van der Waals surface area contributed by atoms with Gasteiger partial charge in [0.15, 0.2) is 0 Å². The van der Waals surface area contributed by atoms with Crippen LogP contribution in [-0.2, 0) is 9.53 Å². The lowest BCUT2D eigenvalue weighted by Gasteiger charge is -2.38. The normalized spacial score (nSPS) is 28.0. The van der Waals surface area contributed by atoms with Gasteiger partial charge >= 0.3 is 0 Å². The van der Waals surface area contributed by atoms with Crippen LogP contribution in [-0.4, -0.2) is 61.8 Å². The van der Waals surface area contributed by atoms with E-state index in [0.717, 1.165) is 51.3 Å². The Hall–Kier alpha value is -1.88. The fourth-order valence-electron chi connectivity index (χ4n) is 3.66. The molecule has 2 aliphatic heterocycles. The molecule has 2 saturated heterocycles. The van der Waals surface area contributed by atoms with Crippen molar-refractivity contribution in [3.05, 3.63) is 35.7 Å². The maximum Gasteiger partial charge on any atom is 0.228 e. The van der Waals surface area contributed by atoms with Crippen molar-refractivity contribution in [2.45, 2.75) is 19.8 Å². The summed E-state index contributed by atoms with van der Waals surface area (Å²) >= 11 is 0. The summed E-state index contributed by atoms with van der Waals surface area (Å²) in [5.41, 5.74) is 2.30. The molecule has 0 radical (unpaired) electrons. The summed E-state index contributed by atoms with van der Waals surface area (Å²) in [7, 11) is 0. The van der Waals surface area contributed by atoms with Gasteiger partial charge in [-0.1, -0.05) is 18.2 Å². The molecule has 0 bridgehead atoms. The Morgan fingerprint density at radius 3 is 2.71 bits per heavy atom. The summed E-state index contributed by atoms with van der Waals surface area (Å²) in [4.78, 5) is 20.9. The zero-order valence-corrected chi connectivity index (χ0v) is 14.5. The summed E-state index contributed by atoms with van der Waals surface area (Å²) in [5.74, 6) is 0.688. The minimum Gasteiger partial charge on any atom is -0.381 e. The number of carbonyl (C=O) groups excluding carboxylic acids is 1. The first-order valence-electron chi connectivity index (χ1n) is 8.85. The molecule has 2 atom stereocenters. The maximum absolute atomic E-state index is 12.4. The van der Waals surface area contributed by atoms with Crippen molar-refractivity contribution in [3.8, 4) is 0 Å². The highest BCUT2D eigenvalue weighted by Crippen LogP contribution is 2.26. The molecule has 2 fully saturated rings. The SMILES string of the molecule is C=NC(=CC)C1C=CC(N2CCN(C(=O)C3CCOC3)CC2)=CC1. The topological polar surface area (TPSA) is 45.1 Å². The zero-order valence-electron chi connectivity index (χ0n) is 14.5. The highest BCUT2D eigenvalue weighted by Gasteiger charge is 2.30. The van der Waals surface area contributed by atoms with Gasteiger partial charge in [-0.3, -0.25) is 9.79 Å². The third-order valence-corrected chi connectivity index (χ3v) is 5.17. The number of hydrogen-bond donors (Lipinski definition) is 0. The fourth-order valence-corrected chi connectivity index (χ4v) is 3.66. The Morgan fingerprint density at radius 1 is 1.38 bits per heavy atom. The number of ether oxygens (including phenoxy) is 1. The molecular weight excluding hydrogens is 302 g/mol. The first-order chi connectivity index (χ1) is 11.7. The lowest BCUT2D eigenvalue weighted by Crippen LogP contribution is -2.50. The molecule has 24 heavy (non-hydrogen) atoms. The van der Waals surface area contributed by atoms with E-state index in [1.54, 1.807) is 0 Å². The van der Waals surface area contributed by atoms with E-state index in [1.165, 1.54) is 5.70 Å². The second-order valence-electron chi connectivity index (χ2n) is 6.57. The predicted molar refractivity (Wildman–Crippen MR) is 95.7 cm³/mol. The van der Waals surface area contributed by atoms with Gasteiger partial charge in [0.1, 0.15) is 0 Å². The van der Waals surface area contributed by atoms with Gasteiger partial charge in [0.2, 0.25) is 5.91 Å². The highest BCUT2D eigenvalue weighted by molar-refractivity contribution is 5.79. The number of carbonyl (C=O) groups is 1. The monoisotopic (exact) mass is 329 g/mol. The van der Waals surface area contributed by atoms with E-state index in [2.05, 4.69) is 34.8 Å². The molecule has 5 nitrogen and oxygen atoms in total. The van der Waals surface area contributed by atoms with Crippen LogP contribution in [0.4, 0.5) is 0 Å². The molecule has 130 valence electrons. The highest BCUT2D eigenvalue weighted by atomic mass is 16.5. The Morgan fingerprint density at radius 2 is 2.17 bits per heavy atom. The van der Waals surface area contributed by atoms with Gasteiger partial charge in [-0.2, -0.15) is 0 Å². The molecule has 0 aromatic rings. The van der Waals surface area contributed by atoms with Crippen molar-refractivity contribution in [2.24, 2.45) is 16.8 Å². The average molecular weight is 329 g/mol. The van der Waals surface area contributed by atoms with Crippen LogP contribution in [0.1, 0.15) is 19.8 Å². The molecule has 2 unspecified atom stereocenters. The summed E-state index contributed by atoms with van der Waals surface area (Å²) in [6, 6.07) is 0. The third kappa shape index (κ3) is 3.61. The Labute approximate surface area is 144 Å². The van der Waals surface area contributed by atoms with E-state index in [0.29, 0.717) is 12.5 Å². The molecule has 3 aliphatic rings. The van der Waals surface area contributed by atoms with E-state index < -0.39 is 0 Å². The molecule has 0 saturated carbocycles. The molecule has 5 heteroatoms. The van der Waals surface area contributed by atoms with E-state index >= 15 is 0 Å². The molecule has 0 aromatic heterocycles.